The average molecular weight is 519 g/mol. The first-order chi connectivity index (χ1) is 18.7. The van der Waals surface area contributed by atoms with Gasteiger partial charge in [-0.05, 0) is 68.6 Å². The molecule has 0 saturated carbocycles. The Labute approximate surface area is 229 Å². The number of terminal acetylenes is 1. The van der Waals surface area contributed by atoms with Crippen LogP contribution in [0.15, 0.2) is 67.8 Å². The lowest BCUT2D eigenvalue weighted by molar-refractivity contribution is 0.0580. The fourth-order valence-electron chi connectivity index (χ4n) is 4.11. The summed E-state index contributed by atoms with van der Waals surface area (Å²) < 4.78 is 12.6. The van der Waals surface area contributed by atoms with Crippen molar-refractivity contribution in [2.45, 2.75) is 32.9 Å². The minimum absolute atomic E-state index is 0.217. The summed E-state index contributed by atoms with van der Waals surface area (Å²) in [4.78, 5) is 27.2. The number of nitrogens with zero attached hydrogens (tertiary/aromatic N) is 2. The third-order valence-electron chi connectivity index (χ3n) is 5.56. The number of hydrogen-bond acceptors (Lipinski definition) is 4. The van der Waals surface area contributed by atoms with Crippen LogP contribution < -0.4 is 4.90 Å². The molecule has 196 valence electrons. The van der Waals surface area contributed by atoms with E-state index in [9.17, 15) is 9.59 Å². The van der Waals surface area contributed by atoms with Crippen LogP contribution in [-0.4, -0.2) is 35.9 Å². The van der Waals surface area contributed by atoms with Gasteiger partial charge < -0.3 is 14.0 Å². The molecule has 0 aliphatic carbocycles. The number of carbonyl (C=O) groups excluding carboxylic acids is 2. The molecule has 0 saturated heterocycles. The molecule has 6 nitrogen and oxygen atoms in total. The Morgan fingerprint density at radius 2 is 1.82 bits per heavy atom. The monoisotopic (exact) mass is 518 g/mol. The topological polar surface area (TPSA) is 60.8 Å². The summed E-state index contributed by atoms with van der Waals surface area (Å²) >= 11 is 0. The van der Waals surface area contributed by atoms with Crippen molar-refractivity contribution < 1.29 is 19.1 Å². The number of hydrogen-bond donors (Lipinski definition) is 0. The Hall–Kier alpha value is -5.12. The van der Waals surface area contributed by atoms with Gasteiger partial charge >= 0.3 is 12.1 Å². The molecular weight excluding hydrogens is 488 g/mol. The molecule has 0 N–H and O–H groups in total. The number of ether oxygens (including phenoxy) is 2. The van der Waals surface area contributed by atoms with Gasteiger partial charge in [-0.2, -0.15) is 0 Å². The van der Waals surface area contributed by atoms with Crippen molar-refractivity contribution in [1.29, 1.82) is 0 Å². The van der Waals surface area contributed by atoms with E-state index in [1.807, 2.05) is 55.7 Å². The molecule has 2 aromatic carbocycles. The highest BCUT2D eigenvalue weighted by Gasteiger charge is 2.27. The van der Waals surface area contributed by atoms with Crippen molar-refractivity contribution in [2.75, 3.05) is 18.6 Å². The van der Waals surface area contributed by atoms with Crippen molar-refractivity contribution >= 4 is 28.7 Å². The van der Waals surface area contributed by atoms with Crippen LogP contribution in [0.3, 0.4) is 0 Å². The summed E-state index contributed by atoms with van der Waals surface area (Å²) in [7, 11) is 1.34. The standard InChI is InChI=1S/C33H30N2O4/c1-8-11-12-13-16-26-25-20-19-24(31(36)38-7)23-29(25)34(21-9-2)30(26)27-17-14-15-18-28(27)35(22-10-3)32(37)39-33(4,5)6/h1,9-10,14-15,17-20,23H,2-3,21-22H2,4-7H3. The first-order valence-corrected chi connectivity index (χ1v) is 12.2. The predicted octanol–water partition coefficient (Wildman–Crippen LogP) is 6.20. The van der Waals surface area contributed by atoms with Crippen molar-refractivity contribution in [3.05, 3.63) is 78.9 Å². The number of carbonyl (C=O) groups is 2. The largest absolute Gasteiger partial charge is 0.465 e. The average Bonchev–Trinajstić information content (AvgIpc) is 3.20. The van der Waals surface area contributed by atoms with Crippen molar-refractivity contribution in [2.24, 2.45) is 0 Å². The smallest absolute Gasteiger partial charge is 0.415 e. The highest BCUT2D eigenvalue weighted by molar-refractivity contribution is 6.03. The summed E-state index contributed by atoms with van der Waals surface area (Å²) in [6.45, 7) is 13.8. The molecule has 0 spiro atoms. The van der Waals surface area contributed by atoms with Crippen molar-refractivity contribution in [3.63, 3.8) is 0 Å². The number of allylic oxidation sites excluding steroid dienone is 1. The Morgan fingerprint density at radius 3 is 2.46 bits per heavy atom. The van der Waals surface area contributed by atoms with E-state index in [1.165, 1.54) is 12.0 Å². The van der Waals surface area contributed by atoms with Crippen molar-refractivity contribution in [3.8, 4) is 47.3 Å². The van der Waals surface area contributed by atoms with E-state index in [-0.39, 0.29) is 6.54 Å². The molecule has 1 aromatic heterocycles. The van der Waals surface area contributed by atoms with Gasteiger partial charge in [-0.3, -0.25) is 4.90 Å². The number of rotatable bonds is 7. The molecule has 0 aliphatic heterocycles. The Balaban J connectivity index is 2.43. The summed E-state index contributed by atoms with van der Waals surface area (Å²) in [6.07, 6.45) is 8.14. The highest BCUT2D eigenvalue weighted by Crippen LogP contribution is 2.39. The van der Waals surface area contributed by atoms with Crippen LogP contribution in [0, 0.1) is 36.0 Å². The first kappa shape index (κ1) is 28.5. The zero-order valence-electron chi connectivity index (χ0n) is 22.6. The van der Waals surface area contributed by atoms with E-state index in [0.717, 1.165) is 22.2 Å². The van der Waals surface area contributed by atoms with Crippen LogP contribution in [0.2, 0.25) is 0 Å². The number of fused-ring (bicyclic) bond motifs is 1. The second-order valence-corrected chi connectivity index (χ2v) is 9.39. The molecule has 0 unspecified atom stereocenters. The van der Waals surface area contributed by atoms with Gasteiger partial charge in [0.1, 0.15) is 5.60 Å². The highest BCUT2D eigenvalue weighted by atomic mass is 16.6. The third-order valence-corrected chi connectivity index (χ3v) is 5.56. The van der Waals surface area contributed by atoms with E-state index in [0.29, 0.717) is 23.4 Å². The number of anilines is 1. The normalized spacial score (nSPS) is 10.2. The Morgan fingerprint density at radius 1 is 1.08 bits per heavy atom. The van der Waals surface area contributed by atoms with Crippen LogP contribution >= 0.6 is 0 Å². The van der Waals surface area contributed by atoms with Gasteiger partial charge in [-0.15, -0.1) is 19.6 Å². The van der Waals surface area contributed by atoms with Gasteiger partial charge in [0, 0.05) is 24.0 Å². The fraction of sp³-hybridized carbons (Fsp3) is 0.212. The molecule has 0 atom stereocenters. The molecule has 6 heteroatoms. The van der Waals surface area contributed by atoms with Crippen LogP contribution in [0.25, 0.3) is 22.2 Å². The third kappa shape index (κ3) is 6.42. The summed E-state index contributed by atoms with van der Waals surface area (Å²) in [5, 5.41) is 0.789. The lowest BCUT2D eigenvalue weighted by atomic mass is 10.0. The quantitative estimate of drug-likeness (QED) is 0.212. The van der Waals surface area contributed by atoms with E-state index >= 15 is 0 Å². The van der Waals surface area contributed by atoms with E-state index in [4.69, 9.17) is 15.9 Å². The number of benzene rings is 2. The molecular formula is C33H30N2O4. The van der Waals surface area contributed by atoms with Gasteiger partial charge in [0.2, 0.25) is 0 Å². The maximum Gasteiger partial charge on any atom is 0.415 e. The van der Waals surface area contributed by atoms with Crippen molar-refractivity contribution in [1.82, 2.24) is 4.57 Å². The molecule has 0 bridgehead atoms. The first-order valence-electron chi connectivity index (χ1n) is 12.2. The molecule has 39 heavy (non-hydrogen) atoms. The van der Waals surface area contributed by atoms with Gasteiger partial charge in [-0.25, -0.2) is 9.59 Å². The van der Waals surface area contributed by atoms with Crippen LogP contribution in [0.4, 0.5) is 10.5 Å². The number of esters is 1. The maximum atomic E-state index is 13.3. The summed E-state index contributed by atoms with van der Waals surface area (Å²) in [6, 6.07) is 12.7. The molecule has 3 rings (SSSR count). The van der Waals surface area contributed by atoms with Gasteiger partial charge in [0.25, 0.3) is 0 Å². The number of amides is 1. The molecule has 3 aromatic rings. The van der Waals surface area contributed by atoms with E-state index < -0.39 is 17.7 Å². The fourth-order valence-corrected chi connectivity index (χ4v) is 4.11. The number of methoxy groups -OCH3 is 1. The Bertz CT molecular complexity index is 1600. The molecule has 0 radical (unpaired) electrons. The second kappa shape index (κ2) is 12.4. The Kier molecular flexibility index (Phi) is 9.06. The van der Waals surface area contributed by atoms with Crippen LogP contribution in [-0.2, 0) is 16.0 Å². The molecule has 0 fully saturated rings. The summed E-state index contributed by atoms with van der Waals surface area (Å²) in [5.41, 5.74) is 3.13. The van der Waals surface area contributed by atoms with Crippen LogP contribution in [0.1, 0.15) is 36.7 Å². The zero-order valence-corrected chi connectivity index (χ0v) is 22.6. The van der Waals surface area contributed by atoms with E-state index in [1.54, 1.807) is 24.3 Å². The lowest BCUT2D eigenvalue weighted by Crippen LogP contribution is -2.37. The minimum Gasteiger partial charge on any atom is -0.465 e. The van der Waals surface area contributed by atoms with Gasteiger partial charge in [0.05, 0.1) is 35.1 Å². The SMILES string of the molecule is C#CC#CC#Cc1c(-c2ccccc2N(CC=C)C(=O)OC(C)(C)C)n(CC=C)c2cc(C(=O)OC)ccc12. The van der Waals surface area contributed by atoms with Gasteiger partial charge in [0.15, 0.2) is 0 Å². The molecule has 1 amide bonds. The van der Waals surface area contributed by atoms with Gasteiger partial charge in [-0.1, -0.05) is 36.4 Å². The second-order valence-electron chi connectivity index (χ2n) is 9.39. The lowest BCUT2D eigenvalue weighted by Gasteiger charge is -2.28. The summed E-state index contributed by atoms with van der Waals surface area (Å²) in [5.74, 6) is 13.0. The predicted molar refractivity (Wildman–Crippen MR) is 156 cm³/mol. The number of para-hydroxylation sites is 1. The molecule has 0 aliphatic rings. The minimum atomic E-state index is -0.695. The molecule has 1 heterocycles. The number of aromatic nitrogens is 1. The maximum absolute atomic E-state index is 13.3. The zero-order chi connectivity index (χ0) is 28.6. The van der Waals surface area contributed by atoms with E-state index in [2.05, 4.69) is 42.8 Å². The van der Waals surface area contributed by atoms with Crippen LogP contribution in [0.5, 0.6) is 0 Å².